The minimum absolute atomic E-state index is 0.00500. The van der Waals surface area contributed by atoms with E-state index in [1.54, 1.807) is 13.8 Å². The number of carboxylic acid groups (broad SMARTS) is 1. The van der Waals surface area contributed by atoms with Crippen LogP contribution in [-0.4, -0.2) is 192 Å². The van der Waals surface area contributed by atoms with Crippen molar-refractivity contribution >= 4 is 77.6 Å². The van der Waals surface area contributed by atoms with E-state index in [9.17, 15) is 73.0 Å². The molecule has 0 aliphatic heterocycles. The third-order valence-electron chi connectivity index (χ3n) is 16.9. The Bertz CT molecular complexity index is 2880. The number of benzene rings is 2. The summed E-state index contributed by atoms with van der Waals surface area (Å²) in [5, 5.41) is 66.5. The van der Waals surface area contributed by atoms with Gasteiger partial charge in [0.15, 0.2) is 0 Å². The molecule has 2 rings (SSSR count). The Hall–Kier alpha value is -7.85. The maximum absolute atomic E-state index is 14.7. The van der Waals surface area contributed by atoms with Crippen molar-refractivity contribution in [1.29, 1.82) is 0 Å². The number of nitrogens with two attached hydrogens (primary N) is 6. The molecule has 0 saturated carbocycles. The summed E-state index contributed by atoms with van der Waals surface area (Å²) in [6.07, 6.45) is 5.70. The molecule has 0 aliphatic rings. The van der Waals surface area contributed by atoms with Gasteiger partial charge in [0, 0.05) is 18.5 Å². The van der Waals surface area contributed by atoms with Crippen LogP contribution in [0, 0.1) is 17.8 Å². The van der Waals surface area contributed by atoms with Crippen LogP contribution in [-0.2, 0) is 54.4 Å². The standard InChI is InChI=1S/C70H121BN16O15/c1-43(2)39-56(84-61(90)50(77)19-7-13-33-72)67(96)81-51(20-8-14-34-73)62(91)79-53(22-10-16-36-75)64(93)85-58(41-45(5)6)69(98)83-54(23-11-17-37-76)65(94)86-57(40-44(3)4)68(97)82-52(21-9-15-35-74)63(92)80-55(66(95)87-59(70(99)100)42-46-25-31-49(88)32-26-46)24-12-18-38-78-60(89)47-27-29-48(30-28-47)71(101)102/h25-32,43-45,50-59,88,101-102H,7-24,33-42,72-77H2,1-6H3,(H,78,89)(H,79,91)(H,80,92)(H,81,96)(H,82,97)(H,83,98)(H,84,90)(H,85,93)(H,86,94)(H,87,95)(H,99,100)/t50-,51-,52-,53-,54-,55-,56-,57-,58-,59-/m0/s1. The summed E-state index contributed by atoms with van der Waals surface area (Å²) in [6, 6.07) is -1.20. The van der Waals surface area contributed by atoms with Crippen LogP contribution < -0.4 is 93.0 Å². The lowest BCUT2D eigenvalue weighted by Crippen LogP contribution is -2.60. The average Bonchev–Trinajstić information content (AvgIpc) is 0.864. The molecule has 32 heteroatoms. The summed E-state index contributed by atoms with van der Waals surface area (Å²) in [7, 11) is -1.73. The van der Waals surface area contributed by atoms with Gasteiger partial charge in [-0.2, -0.15) is 0 Å². The number of carboxylic acids is 1. The molecule has 574 valence electrons. The molecule has 31 nitrogen and oxygen atoms in total. The van der Waals surface area contributed by atoms with Crippen molar-refractivity contribution in [2.75, 3.05) is 39.3 Å². The predicted octanol–water partition coefficient (Wildman–Crippen LogP) is -1.23. The predicted molar refractivity (Wildman–Crippen MR) is 390 cm³/mol. The Morgan fingerprint density at radius 3 is 0.961 bits per heavy atom. The van der Waals surface area contributed by atoms with Gasteiger partial charge < -0.3 is 108 Å². The van der Waals surface area contributed by atoms with Crippen molar-refractivity contribution < 1.29 is 73.0 Å². The molecule has 102 heavy (non-hydrogen) atoms. The third kappa shape index (κ3) is 36.3. The van der Waals surface area contributed by atoms with Crippen molar-refractivity contribution in [1.82, 2.24) is 53.2 Å². The fourth-order valence-electron chi connectivity index (χ4n) is 11.2. The first-order chi connectivity index (χ1) is 48.5. The molecule has 0 saturated heterocycles. The molecule has 10 atom stereocenters. The molecule has 10 amide bonds. The molecule has 0 bridgehead atoms. The van der Waals surface area contributed by atoms with E-state index in [-0.39, 0.29) is 131 Å². The average molecular weight is 1440 g/mol. The number of aromatic hydroxyl groups is 1. The monoisotopic (exact) mass is 1440 g/mol. The van der Waals surface area contributed by atoms with Crippen LogP contribution >= 0.6 is 0 Å². The molecule has 0 radical (unpaired) electrons. The van der Waals surface area contributed by atoms with Crippen molar-refractivity contribution in [3.63, 3.8) is 0 Å². The number of hydrogen-bond donors (Lipinski definition) is 20. The molecule has 2 aromatic rings. The number of aliphatic carboxylic acids is 1. The van der Waals surface area contributed by atoms with Gasteiger partial charge in [0.25, 0.3) is 5.91 Å². The minimum Gasteiger partial charge on any atom is -0.508 e. The van der Waals surface area contributed by atoms with Gasteiger partial charge in [0.05, 0.1) is 6.04 Å². The van der Waals surface area contributed by atoms with E-state index in [0.717, 1.165) is 0 Å². The second-order valence-corrected chi connectivity index (χ2v) is 27.4. The number of rotatable bonds is 54. The largest absolute Gasteiger partial charge is 0.508 e. The first kappa shape index (κ1) is 90.2. The van der Waals surface area contributed by atoms with Crippen LogP contribution in [0.1, 0.15) is 192 Å². The Morgan fingerprint density at radius 2 is 0.657 bits per heavy atom. The molecule has 0 aliphatic carbocycles. The Balaban J connectivity index is 2.51. The number of carbonyl (C=O) groups is 11. The first-order valence-electron chi connectivity index (χ1n) is 36.2. The SMILES string of the molecule is CC(C)C[C@H](NC(=O)[C@H](CCCCN)NC(=O)[C@H](CC(C)C)NC(=O)[C@H](CCCCN)NC(=O)[C@H](CCCCN)NC(=O)[C@H](CC(C)C)NC(=O)[C@@H](N)CCCCN)C(=O)N[C@@H](CCCCN)C(=O)N[C@@H](CCCCNC(=O)c1ccc(B(O)O)cc1)C(=O)N[C@@H](Cc1ccc(O)cc1)C(=O)O. The van der Waals surface area contributed by atoms with Gasteiger partial charge in [0.2, 0.25) is 53.2 Å². The van der Waals surface area contributed by atoms with Gasteiger partial charge in [-0.1, -0.05) is 72.2 Å². The Kier molecular flexibility index (Phi) is 44.7. The second kappa shape index (κ2) is 50.5. The normalized spacial score (nSPS) is 14.3. The van der Waals surface area contributed by atoms with Crippen molar-refractivity contribution in [3.05, 3.63) is 59.7 Å². The molecular formula is C70H121BN16O15. The lowest BCUT2D eigenvalue weighted by molar-refractivity contribution is -0.142. The molecular weight excluding hydrogens is 1320 g/mol. The van der Waals surface area contributed by atoms with Gasteiger partial charge in [-0.3, -0.25) is 47.9 Å². The van der Waals surface area contributed by atoms with Crippen LogP contribution in [0.3, 0.4) is 0 Å². The molecule has 0 unspecified atom stereocenters. The summed E-state index contributed by atoms with van der Waals surface area (Å²) in [5.74, 6) is -9.05. The van der Waals surface area contributed by atoms with Crippen molar-refractivity contribution in [2.24, 2.45) is 52.2 Å². The highest BCUT2D eigenvalue weighted by Crippen LogP contribution is 2.17. The van der Waals surface area contributed by atoms with Crippen LogP contribution in [0.25, 0.3) is 0 Å². The molecule has 26 N–H and O–H groups in total. The third-order valence-corrected chi connectivity index (χ3v) is 16.9. The fraction of sp³-hybridized carbons (Fsp3) is 0.671. The van der Waals surface area contributed by atoms with E-state index in [1.807, 2.05) is 27.7 Å². The van der Waals surface area contributed by atoms with Gasteiger partial charge >= 0.3 is 13.1 Å². The molecule has 0 aromatic heterocycles. The molecule has 0 spiro atoms. The lowest BCUT2D eigenvalue weighted by Gasteiger charge is -2.29. The summed E-state index contributed by atoms with van der Waals surface area (Å²) < 4.78 is 0. The number of phenols is 1. The summed E-state index contributed by atoms with van der Waals surface area (Å²) in [5.41, 5.74) is 36.1. The molecule has 2 aromatic carbocycles. The van der Waals surface area contributed by atoms with Crippen LogP contribution in [0.15, 0.2) is 48.5 Å². The zero-order valence-electron chi connectivity index (χ0n) is 60.7. The van der Waals surface area contributed by atoms with Crippen molar-refractivity contribution in [2.45, 2.75) is 243 Å². The lowest BCUT2D eigenvalue weighted by atomic mass is 9.80. The van der Waals surface area contributed by atoms with E-state index in [0.29, 0.717) is 89.3 Å². The summed E-state index contributed by atoms with van der Waals surface area (Å²) in [4.78, 5) is 155. The van der Waals surface area contributed by atoms with Gasteiger partial charge in [-0.25, -0.2) is 4.79 Å². The number of unbranched alkanes of at least 4 members (excludes halogenated alkanes) is 6. The van der Waals surface area contributed by atoms with Gasteiger partial charge in [0.1, 0.15) is 60.1 Å². The zero-order valence-corrected chi connectivity index (χ0v) is 60.7. The molecule has 0 heterocycles. The maximum atomic E-state index is 14.7. The number of hydrogen-bond acceptors (Lipinski definition) is 20. The number of carbonyl (C=O) groups excluding carboxylic acids is 10. The second-order valence-electron chi connectivity index (χ2n) is 27.4. The topological polar surface area (TPSA) is 545 Å². The number of amides is 10. The van der Waals surface area contributed by atoms with E-state index in [1.165, 1.54) is 48.5 Å². The maximum Gasteiger partial charge on any atom is 0.488 e. The van der Waals surface area contributed by atoms with Crippen LogP contribution in [0.5, 0.6) is 5.75 Å². The van der Waals surface area contributed by atoms with E-state index in [2.05, 4.69) is 53.2 Å². The minimum atomic E-state index is -1.73. The number of phenolic OH excluding ortho intramolecular Hbond substituents is 1. The summed E-state index contributed by atoms with van der Waals surface area (Å²) in [6.45, 7) is 12.6. The Labute approximate surface area is 601 Å². The fourth-order valence-corrected chi connectivity index (χ4v) is 11.2. The smallest absolute Gasteiger partial charge is 0.488 e. The highest BCUT2D eigenvalue weighted by molar-refractivity contribution is 6.58. The van der Waals surface area contributed by atoms with Gasteiger partial charge in [-0.15, -0.1) is 0 Å². The molecule has 0 fully saturated rings. The van der Waals surface area contributed by atoms with E-state index in [4.69, 9.17) is 34.4 Å². The van der Waals surface area contributed by atoms with Crippen molar-refractivity contribution in [3.8, 4) is 5.75 Å². The van der Waals surface area contributed by atoms with E-state index >= 15 is 0 Å². The summed E-state index contributed by atoms with van der Waals surface area (Å²) >= 11 is 0. The van der Waals surface area contributed by atoms with Crippen LogP contribution in [0.2, 0.25) is 0 Å². The highest BCUT2D eigenvalue weighted by atomic mass is 16.4. The first-order valence-corrected chi connectivity index (χ1v) is 36.2. The Morgan fingerprint density at radius 1 is 0.373 bits per heavy atom. The quantitative estimate of drug-likeness (QED) is 0.0272. The van der Waals surface area contributed by atoms with Crippen LogP contribution in [0.4, 0.5) is 0 Å². The highest BCUT2D eigenvalue weighted by Gasteiger charge is 2.36. The number of nitrogens with one attached hydrogen (secondary N) is 10. The zero-order chi connectivity index (χ0) is 76.3. The van der Waals surface area contributed by atoms with E-state index < -0.39 is 133 Å². The van der Waals surface area contributed by atoms with Gasteiger partial charge in [-0.05, 0) is 214 Å².